The summed E-state index contributed by atoms with van der Waals surface area (Å²) in [5.41, 5.74) is 2.04. The molecule has 0 saturated carbocycles. The molecule has 1 aromatic heterocycles. The van der Waals surface area contributed by atoms with Crippen LogP contribution >= 0.6 is 0 Å². The lowest BCUT2D eigenvalue weighted by Gasteiger charge is -2.02. The maximum atomic E-state index is 11.6. The molecule has 18 heavy (non-hydrogen) atoms. The molecule has 0 saturated heterocycles. The summed E-state index contributed by atoms with van der Waals surface area (Å²) in [7, 11) is 3.60. The molecule has 0 aliphatic heterocycles. The van der Waals surface area contributed by atoms with Gasteiger partial charge in [0, 0.05) is 24.1 Å². The molecule has 0 spiro atoms. The van der Waals surface area contributed by atoms with Gasteiger partial charge in [-0.05, 0) is 30.7 Å². The summed E-state index contributed by atoms with van der Waals surface area (Å²) in [4.78, 5) is 11.6. The van der Waals surface area contributed by atoms with Gasteiger partial charge in [0.25, 0.3) is 0 Å². The van der Waals surface area contributed by atoms with Crippen LogP contribution in [-0.4, -0.2) is 24.3 Å². The zero-order valence-electron chi connectivity index (χ0n) is 10.9. The van der Waals surface area contributed by atoms with Gasteiger partial charge in [-0.1, -0.05) is 0 Å². The Hall–Kier alpha value is -1.97. The van der Waals surface area contributed by atoms with Crippen LogP contribution in [0, 0.1) is 0 Å². The lowest BCUT2D eigenvalue weighted by atomic mass is 10.1. The van der Waals surface area contributed by atoms with Crippen LogP contribution in [0.5, 0.6) is 5.75 Å². The van der Waals surface area contributed by atoms with Gasteiger partial charge in [0.1, 0.15) is 5.75 Å². The second kappa shape index (κ2) is 5.12. The average molecular weight is 247 g/mol. The molecule has 0 N–H and O–H groups in total. The lowest BCUT2D eigenvalue weighted by Crippen LogP contribution is -2.07. The average Bonchev–Trinajstić information content (AvgIpc) is 2.66. The molecule has 1 aromatic carbocycles. The highest BCUT2D eigenvalue weighted by atomic mass is 16.5. The van der Waals surface area contributed by atoms with Crippen molar-refractivity contribution in [3.63, 3.8) is 0 Å². The van der Waals surface area contributed by atoms with Gasteiger partial charge in [0.15, 0.2) is 0 Å². The normalized spacial score (nSPS) is 10.6. The monoisotopic (exact) mass is 247 g/mol. The van der Waals surface area contributed by atoms with E-state index >= 15 is 0 Å². The first kappa shape index (κ1) is 12.5. The Morgan fingerprint density at radius 3 is 2.83 bits per heavy atom. The SMILES string of the molecule is CCOC(=O)Cc1cn(C)c2ccc(OC)cc12. The zero-order valence-corrected chi connectivity index (χ0v) is 10.9. The van der Waals surface area contributed by atoms with E-state index < -0.39 is 0 Å². The van der Waals surface area contributed by atoms with Gasteiger partial charge >= 0.3 is 5.97 Å². The smallest absolute Gasteiger partial charge is 0.310 e. The minimum absolute atomic E-state index is 0.201. The Kier molecular flexibility index (Phi) is 3.55. The number of fused-ring (bicyclic) bond motifs is 1. The van der Waals surface area contributed by atoms with Crippen molar-refractivity contribution >= 4 is 16.9 Å². The molecule has 0 aliphatic rings. The molecule has 96 valence electrons. The van der Waals surface area contributed by atoms with Gasteiger partial charge < -0.3 is 14.0 Å². The highest BCUT2D eigenvalue weighted by molar-refractivity contribution is 5.88. The largest absolute Gasteiger partial charge is 0.497 e. The minimum atomic E-state index is -0.201. The zero-order chi connectivity index (χ0) is 13.1. The highest BCUT2D eigenvalue weighted by Crippen LogP contribution is 2.25. The summed E-state index contributed by atoms with van der Waals surface area (Å²) in [6, 6.07) is 5.85. The summed E-state index contributed by atoms with van der Waals surface area (Å²) in [6.45, 7) is 2.22. The summed E-state index contributed by atoms with van der Waals surface area (Å²) in [6.07, 6.45) is 2.25. The number of hydrogen-bond donors (Lipinski definition) is 0. The predicted molar refractivity (Wildman–Crippen MR) is 69.8 cm³/mol. The van der Waals surface area contributed by atoms with Gasteiger partial charge in [-0.2, -0.15) is 0 Å². The van der Waals surface area contributed by atoms with E-state index in [9.17, 15) is 4.79 Å². The van der Waals surface area contributed by atoms with Crippen LogP contribution in [-0.2, 0) is 23.0 Å². The number of aryl methyl sites for hydroxylation is 1. The van der Waals surface area contributed by atoms with Gasteiger partial charge in [-0.25, -0.2) is 0 Å². The van der Waals surface area contributed by atoms with Crippen LogP contribution < -0.4 is 4.74 Å². The third-order valence-electron chi connectivity index (χ3n) is 2.92. The molecule has 0 fully saturated rings. The number of carbonyl (C=O) groups excluding carboxylic acids is 1. The van der Waals surface area contributed by atoms with Gasteiger partial charge in [0.2, 0.25) is 0 Å². The van der Waals surface area contributed by atoms with E-state index in [0.29, 0.717) is 13.0 Å². The molecule has 2 aromatic rings. The van der Waals surface area contributed by atoms with E-state index in [0.717, 1.165) is 22.2 Å². The number of carbonyl (C=O) groups is 1. The first-order valence-corrected chi connectivity index (χ1v) is 5.93. The second-order valence-electron chi connectivity index (χ2n) is 4.13. The van der Waals surface area contributed by atoms with Crippen LogP contribution in [0.2, 0.25) is 0 Å². The van der Waals surface area contributed by atoms with E-state index in [4.69, 9.17) is 9.47 Å². The fraction of sp³-hybridized carbons (Fsp3) is 0.357. The molecule has 4 nitrogen and oxygen atoms in total. The number of rotatable bonds is 4. The van der Waals surface area contributed by atoms with Gasteiger partial charge in [0.05, 0.1) is 20.1 Å². The molecule has 1 heterocycles. The number of nitrogens with zero attached hydrogens (tertiary/aromatic N) is 1. The summed E-state index contributed by atoms with van der Waals surface area (Å²) >= 11 is 0. The number of hydrogen-bond acceptors (Lipinski definition) is 3. The predicted octanol–water partition coefficient (Wildman–Crippen LogP) is 2.29. The number of esters is 1. The fourth-order valence-corrected chi connectivity index (χ4v) is 2.09. The van der Waals surface area contributed by atoms with Crippen molar-refractivity contribution in [2.45, 2.75) is 13.3 Å². The fourth-order valence-electron chi connectivity index (χ4n) is 2.09. The van der Waals surface area contributed by atoms with Crippen molar-refractivity contribution < 1.29 is 14.3 Å². The van der Waals surface area contributed by atoms with Crippen molar-refractivity contribution in [1.29, 1.82) is 0 Å². The summed E-state index contributed by atoms with van der Waals surface area (Å²) < 4.78 is 12.2. The second-order valence-corrected chi connectivity index (χ2v) is 4.13. The van der Waals surface area contributed by atoms with E-state index in [1.807, 2.05) is 42.9 Å². The van der Waals surface area contributed by atoms with Crippen LogP contribution in [0.1, 0.15) is 12.5 Å². The Bertz CT molecular complexity index is 572. The molecule has 0 aliphatic carbocycles. The number of ether oxygens (including phenoxy) is 2. The molecule has 0 bridgehead atoms. The molecular weight excluding hydrogens is 230 g/mol. The molecule has 4 heteroatoms. The summed E-state index contributed by atoms with van der Waals surface area (Å²) in [5, 5.41) is 1.03. The Balaban J connectivity index is 2.40. The number of benzene rings is 1. The van der Waals surface area contributed by atoms with Gasteiger partial charge in [-0.3, -0.25) is 4.79 Å². The molecule has 0 unspecified atom stereocenters. The van der Waals surface area contributed by atoms with Crippen LogP contribution in [0.3, 0.4) is 0 Å². The Morgan fingerprint density at radius 1 is 1.39 bits per heavy atom. The molecule has 0 radical (unpaired) electrons. The van der Waals surface area contributed by atoms with Crippen LogP contribution in [0.15, 0.2) is 24.4 Å². The van der Waals surface area contributed by atoms with Crippen molar-refractivity contribution in [2.24, 2.45) is 7.05 Å². The standard InChI is InChI=1S/C14H17NO3/c1-4-18-14(16)7-10-9-15(2)13-6-5-11(17-3)8-12(10)13/h5-6,8-9H,4,7H2,1-3H3. The van der Waals surface area contributed by atoms with E-state index in [-0.39, 0.29) is 5.97 Å². The Morgan fingerprint density at radius 2 is 2.17 bits per heavy atom. The van der Waals surface area contributed by atoms with E-state index in [1.165, 1.54) is 0 Å². The Labute approximate surface area is 106 Å². The molecule has 0 atom stereocenters. The third-order valence-corrected chi connectivity index (χ3v) is 2.92. The molecule has 0 amide bonds. The van der Waals surface area contributed by atoms with E-state index in [1.54, 1.807) is 7.11 Å². The first-order chi connectivity index (χ1) is 8.65. The van der Waals surface area contributed by atoms with Crippen molar-refractivity contribution in [3.05, 3.63) is 30.0 Å². The topological polar surface area (TPSA) is 40.5 Å². The summed E-state index contributed by atoms with van der Waals surface area (Å²) in [5.74, 6) is 0.589. The van der Waals surface area contributed by atoms with Crippen LogP contribution in [0.25, 0.3) is 10.9 Å². The minimum Gasteiger partial charge on any atom is -0.497 e. The lowest BCUT2D eigenvalue weighted by molar-refractivity contribution is -0.142. The van der Waals surface area contributed by atoms with Crippen LogP contribution in [0.4, 0.5) is 0 Å². The highest BCUT2D eigenvalue weighted by Gasteiger charge is 2.12. The quantitative estimate of drug-likeness (QED) is 0.778. The van der Waals surface area contributed by atoms with Crippen molar-refractivity contribution in [2.75, 3.05) is 13.7 Å². The molecular formula is C14H17NO3. The maximum absolute atomic E-state index is 11.6. The van der Waals surface area contributed by atoms with E-state index in [2.05, 4.69) is 0 Å². The third kappa shape index (κ3) is 2.32. The molecule has 2 rings (SSSR count). The van der Waals surface area contributed by atoms with Crippen molar-refractivity contribution in [3.8, 4) is 5.75 Å². The van der Waals surface area contributed by atoms with Gasteiger partial charge in [-0.15, -0.1) is 0 Å². The number of methoxy groups -OCH3 is 1. The maximum Gasteiger partial charge on any atom is 0.310 e. The number of aromatic nitrogens is 1. The van der Waals surface area contributed by atoms with Crippen molar-refractivity contribution in [1.82, 2.24) is 4.57 Å². The first-order valence-electron chi connectivity index (χ1n) is 5.93.